The number of imidazole rings is 1. The van der Waals surface area contributed by atoms with Gasteiger partial charge in [0.2, 0.25) is 0 Å². The fourth-order valence-electron chi connectivity index (χ4n) is 2.35. The lowest BCUT2D eigenvalue weighted by molar-refractivity contribution is 0.0949. The van der Waals surface area contributed by atoms with Crippen molar-refractivity contribution in [2.24, 2.45) is 0 Å². The molecule has 0 saturated carbocycles. The van der Waals surface area contributed by atoms with Crippen LogP contribution >= 0.6 is 0 Å². The Labute approximate surface area is 123 Å². The van der Waals surface area contributed by atoms with E-state index in [1.54, 1.807) is 0 Å². The number of amides is 1. The predicted octanol–water partition coefficient (Wildman–Crippen LogP) is 3.11. The van der Waals surface area contributed by atoms with Crippen molar-refractivity contribution >= 4 is 16.9 Å². The highest BCUT2D eigenvalue weighted by Gasteiger charge is 2.09. The van der Waals surface area contributed by atoms with Crippen LogP contribution in [0.1, 0.15) is 27.3 Å². The molecular formula is C17H17N3O. The van der Waals surface area contributed by atoms with E-state index in [2.05, 4.69) is 21.4 Å². The van der Waals surface area contributed by atoms with Crippen LogP contribution in [0, 0.1) is 13.8 Å². The standard InChI is InChI=1S/C17H17N3O/c1-11-7-8-14-15(9-11)20-16(19-14)10-18-17(21)13-6-4-3-5-12(13)2/h3-9H,10H2,1-2H3,(H,18,21)(H,19,20). The summed E-state index contributed by atoms with van der Waals surface area (Å²) in [4.78, 5) is 19.9. The summed E-state index contributed by atoms with van der Waals surface area (Å²) >= 11 is 0. The van der Waals surface area contributed by atoms with Crippen molar-refractivity contribution < 1.29 is 4.79 Å². The molecule has 4 nitrogen and oxygen atoms in total. The lowest BCUT2D eigenvalue weighted by atomic mass is 10.1. The highest BCUT2D eigenvalue weighted by Crippen LogP contribution is 2.13. The molecule has 0 aliphatic carbocycles. The molecule has 4 heteroatoms. The monoisotopic (exact) mass is 279 g/mol. The molecule has 1 aromatic heterocycles. The van der Waals surface area contributed by atoms with Gasteiger partial charge in [0.25, 0.3) is 5.91 Å². The van der Waals surface area contributed by atoms with E-state index in [0.29, 0.717) is 12.1 Å². The smallest absolute Gasteiger partial charge is 0.251 e. The number of carbonyl (C=O) groups excluding carboxylic acids is 1. The maximum absolute atomic E-state index is 12.2. The third-order valence-electron chi connectivity index (χ3n) is 3.49. The van der Waals surface area contributed by atoms with E-state index >= 15 is 0 Å². The number of nitrogens with one attached hydrogen (secondary N) is 2. The Morgan fingerprint density at radius 1 is 1.19 bits per heavy atom. The van der Waals surface area contributed by atoms with Gasteiger partial charge < -0.3 is 10.3 Å². The minimum absolute atomic E-state index is 0.0789. The average Bonchev–Trinajstić information content (AvgIpc) is 2.87. The van der Waals surface area contributed by atoms with Gasteiger partial charge in [-0.25, -0.2) is 4.98 Å². The van der Waals surface area contributed by atoms with Gasteiger partial charge in [-0.1, -0.05) is 24.3 Å². The van der Waals surface area contributed by atoms with Gasteiger partial charge in [-0.15, -0.1) is 0 Å². The second kappa shape index (κ2) is 5.40. The van der Waals surface area contributed by atoms with E-state index in [1.807, 2.05) is 50.2 Å². The highest BCUT2D eigenvalue weighted by atomic mass is 16.1. The molecule has 106 valence electrons. The maximum Gasteiger partial charge on any atom is 0.251 e. The number of aromatic amines is 1. The second-order valence-electron chi connectivity index (χ2n) is 5.20. The topological polar surface area (TPSA) is 57.8 Å². The summed E-state index contributed by atoms with van der Waals surface area (Å²) < 4.78 is 0. The molecule has 3 aromatic rings. The van der Waals surface area contributed by atoms with E-state index in [4.69, 9.17) is 0 Å². The van der Waals surface area contributed by atoms with Crippen LogP contribution in [0.2, 0.25) is 0 Å². The minimum atomic E-state index is -0.0789. The summed E-state index contributed by atoms with van der Waals surface area (Å²) in [6.45, 7) is 4.36. The summed E-state index contributed by atoms with van der Waals surface area (Å²) in [5.41, 5.74) is 4.76. The zero-order chi connectivity index (χ0) is 14.8. The first-order valence-corrected chi connectivity index (χ1v) is 6.92. The van der Waals surface area contributed by atoms with Gasteiger partial charge >= 0.3 is 0 Å². The Hall–Kier alpha value is -2.62. The third kappa shape index (κ3) is 2.79. The van der Waals surface area contributed by atoms with Gasteiger partial charge in [0.15, 0.2) is 0 Å². The Bertz CT molecular complexity index is 805. The van der Waals surface area contributed by atoms with Crippen LogP contribution in [-0.2, 0) is 6.54 Å². The van der Waals surface area contributed by atoms with Crippen molar-refractivity contribution in [1.29, 1.82) is 0 Å². The molecule has 0 radical (unpaired) electrons. The van der Waals surface area contributed by atoms with E-state index in [9.17, 15) is 4.79 Å². The zero-order valence-corrected chi connectivity index (χ0v) is 12.1. The molecule has 0 aliphatic rings. The Kier molecular flexibility index (Phi) is 3.44. The zero-order valence-electron chi connectivity index (χ0n) is 12.1. The number of fused-ring (bicyclic) bond motifs is 1. The van der Waals surface area contributed by atoms with Crippen molar-refractivity contribution in [1.82, 2.24) is 15.3 Å². The fraction of sp³-hybridized carbons (Fsp3) is 0.176. The quantitative estimate of drug-likeness (QED) is 0.774. The largest absolute Gasteiger partial charge is 0.345 e. The molecule has 2 aromatic carbocycles. The van der Waals surface area contributed by atoms with E-state index in [0.717, 1.165) is 22.4 Å². The van der Waals surface area contributed by atoms with Crippen molar-refractivity contribution in [2.45, 2.75) is 20.4 Å². The normalized spacial score (nSPS) is 10.8. The molecular weight excluding hydrogens is 262 g/mol. The summed E-state index contributed by atoms with van der Waals surface area (Å²) in [5, 5.41) is 2.90. The van der Waals surface area contributed by atoms with Crippen molar-refractivity contribution in [3.8, 4) is 0 Å². The third-order valence-corrected chi connectivity index (χ3v) is 3.49. The average molecular weight is 279 g/mol. The number of hydrogen-bond donors (Lipinski definition) is 2. The number of nitrogens with zero attached hydrogens (tertiary/aromatic N) is 1. The number of aromatic nitrogens is 2. The molecule has 1 amide bonds. The van der Waals surface area contributed by atoms with Crippen LogP contribution in [-0.4, -0.2) is 15.9 Å². The Balaban J connectivity index is 1.74. The van der Waals surface area contributed by atoms with Gasteiger partial charge in [-0.2, -0.15) is 0 Å². The Morgan fingerprint density at radius 2 is 2.00 bits per heavy atom. The van der Waals surface area contributed by atoms with Gasteiger partial charge in [0.05, 0.1) is 17.6 Å². The molecule has 0 atom stereocenters. The second-order valence-corrected chi connectivity index (χ2v) is 5.20. The number of rotatable bonds is 3. The lowest BCUT2D eigenvalue weighted by Gasteiger charge is -2.05. The van der Waals surface area contributed by atoms with Crippen LogP contribution in [0.3, 0.4) is 0 Å². The number of carbonyl (C=O) groups is 1. The van der Waals surface area contributed by atoms with Crippen molar-refractivity contribution in [2.75, 3.05) is 0 Å². The van der Waals surface area contributed by atoms with Crippen LogP contribution in [0.15, 0.2) is 42.5 Å². The summed E-state index contributed by atoms with van der Waals surface area (Å²) in [5.74, 6) is 0.683. The molecule has 0 spiro atoms. The summed E-state index contributed by atoms with van der Waals surface area (Å²) in [6.07, 6.45) is 0. The number of H-pyrrole nitrogens is 1. The first kappa shape index (κ1) is 13.4. The van der Waals surface area contributed by atoms with Crippen molar-refractivity contribution in [3.05, 3.63) is 65.0 Å². The molecule has 3 rings (SSSR count). The maximum atomic E-state index is 12.2. The van der Waals surface area contributed by atoms with Gasteiger partial charge in [0.1, 0.15) is 5.82 Å². The fourth-order valence-corrected chi connectivity index (χ4v) is 2.35. The molecule has 0 saturated heterocycles. The summed E-state index contributed by atoms with van der Waals surface area (Å²) in [7, 11) is 0. The minimum Gasteiger partial charge on any atom is -0.345 e. The number of hydrogen-bond acceptors (Lipinski definition) is 2. The predicted molar refractivity (Wildman–Crippen MR) is 83.2 cm³/mol. The molecule has 0 aliphatic heterocycles. The van der Waals surface area contributed by atoms with E-state index in [1.165, 1.54) is 5.56 Å². The van der Waals surface area contributed by atoms with Crippen LogP contribution in [0.25, 0.3) is 11.0 Å². The molecule has 0 unspecified atom stereocenters. The van der Waals surface area contributed by atoms with Gasteiger partial charge in [-0.3, -0.25) is 4.79 Å². The summed E-state index contributed by atoms with van der Waals surface area (Å²) in [6, 6.07) is 13.6. The highest BCUT2D eigenvalue weighted by molar-refractivity contribution is 5.95. The number of benzene rings is 2. The lowest BCUT2D eigenvalue weighted by Crippen LogP contribution is -2.24. The van der Waals surface area contributed by atoms with Crippen LogP contribution in [0.5, 0.6) is 0 Å². The number of aryl methyl sites for hydroxylation is 2. The van der Waals surface area contributed by atoms with Crippen LogP contribution < -0.4 is 5.32 Å². The van der Waals surface area contributed by atoms with Gasteiger partial charge in [-0.05, 0) is 43.2 Å². The van der Waals surface area contributed by atoms with E-state index < -0.39 is 0 Å². The SMILES string of the molecule is Cc1ccc2nc(CNC(=O)c3ccccc3C)[nH]c2c1. The van der Waals surface area contributed by atoms with E-state index in [-0.39, 0.29) is 5.91 Å². The first-order valence-electron chi connectivity index (χ1n) is 6.92. The van der Waals surface area contributed by atoms with Gasteiger partial charge in [0, 0.05) is 5.56 Å². The molecule has 2 N–H and O–H groups in total. The first-order chi connectivity index (χ1) is 10.1. The van der Waals surface area contributed by atoms with Crippen molar-refractivity contribution in [3.63, 3.8) is 0 Å². The molecule has 21 heavy (non-hydrogen) atoms. The Morgan fingerprint density at radius 3 is 2.81 bits per heavy atom. The molecule has 0 bridgehead atoms. The molecule has 0 fully saturated rings. The van der Waals surface area contributed by atoms with Crippen LogP contribution in [0.4, 0.5) is 0 Å². The molecule has 1 heterocycles.